The molecule has 4 nitrogen and oxygen atoms in total. The van der Waals surface area contributed by atoms with Crippen molar-refractivity contribution < 1.29 is 14.0 Å². The van der Waals surface area contributed by atoms with Gasteiger partial charge in [0.2, 0.25) is 0 Å². The van der Waals surface area contributed by atoms with Gasteiger partial charge in [-0.1, -0.05) is 35.5 Å². The van der Waals surface area contributed by atoms with E-state index >= 15 is 0 Å². The van der Waals surface area contributed by atoms with Crippen molar-refractivity contribution in [2.24, 2.45) is 0 Å². The zero-order valence-electron chi connectivity index (χ0n) is 12.3. The SMILES string of the molecule is COc1cccc(-c2oncc2I)c1.COc1ccccc1. The van der Waals surface area contributed by atoms with Gasteiger partial charge in [0, 0.05) is 5.56 Å². The molecule has 0 fully saturated rings. The molecule has 2 aromatic carbocycles. The van der Waals surface area contributed by atoms with Gasteiger partial charge in [-0.2, -0.15) is 0 Å². The Bertz CT molecular complexity index is 698. The standard InChI is InChI=1S/C10H8INO2.C7H8O/c1-13-8-4-2-3-7(5-8)10-9(11)6-12-14-10;1-8-7-5-3-2-4-6-7/h2-6H,1H3;2-6H,1H3. The zero-order valence-corrected chi connectivity index (χ0v) is 14.5. The molecule has 0 unspecified atom stereocenters. The average molecular weight is 409 g/mol. The smallest absolute Gasteiger partial charge is 0.180 e. The van der Waals surface area contributed by atoms with Crippen LogP contribution in [0.1, 0.15) is 0 Å². The molecule has 0 N–H and O–H groups in total. The molecule has 1 heterocycles. The van der Waals surface area contributed by atoms with Gasteiger partial charge in [0.05, 0.1) is 24.0 Å². The minimum absolute atomic E-state index is 0.782. The minimum atomic E-state index is 0.782. The number of nitrogens with zero attached hydrogens (tertiary/aromatic N) is 1. The molecule has 22 heavy (non-hydrogen) atoms. The molecule has 0 aliphatic rings. The van der Waals surface area contributed by atoms with Crippen LogP contribution in [0.15, 0.2) is 65.3 Å². The highest BCUT2D eigenvalue weighted by molar-refractivity contribution is 14.1. The number of methoxy groups -OCH3 is 2. The second-order valence-corrected chi connectivity index (χ2v) is 5.41. The monoisotopic (exact) mass is 409 g/mol. The molecule has 0 atom stereocenters. The summed E-state index contributed by atoms with van der Waals surface area (Å²) in [6.45, 7) is 0. The normalized spacial score (nSPS) is 9.59. The van der Waals surface area contributed by atoms with Gasteiger partial charge in [0.15, 0.2) is 5.76 Å². The summed E-state index contributed by atoms with van der Waals surface area (Å²) < 4.78 is 16.2. The van der Waals surface area contributed by atoms with E-state index < -0.39 is 0 Å². The Morgan fingerprint density at radius 1 is 0.909 bits per heavy atom. The Labute approximate surface area is 143 Å². The minimum Gasteiger partial charge on any atom is -0.497 e. The maximum absolute atomic E-state index is 5.14. The second kappa shape index (κ2) is 8.43. The third-order valence-electron chi connectivity index (χ3n) is 2.84. The molecular formula is C17H16INO3. The number of aromatic nitrogens is 1. The van der Waals surface area contributed by atoms with Crippen LogP contribution in [0.5, 0.6) is 11.5 Å². The van der Waals surface area contributed by atoms with E-state index in [0.29, 0.717) is 0 Å². The molecule has 0 spiro atoms. The van der Waals surface area contributed by atoms with Gasteiger partial charge in [0.25, 0.3) is 0 Å². The molecule has 114 valence electrons. The Morgan fingerprint density at radius 2 is 1.59 bits per heavy atom. The predicted molar refractivity (Wildman–Crippen MR) is 94.2 cm³/mol. The summed E-state index contributed by atoms with van der Waals surface area (Å²) >= 11 is 2.19. The maximum Gasteiger partial charge on any atom is 0.180 e. The molecule has 0 aliphatic carbocycles. The highest BCUT2D eigenvalue weighted by Gasteiger charge is 2.08. The summed E-state index contributed by atoms with van der Waals surface area (Å²) in [5.41, 5.74) is 0.978. The number of ether oxygens (including phenoxy) is 2. The van der Waals surface area contributed by atoms with Crippen LogP contribution in [0.3, 0.4) is 0 Å². The van der Waals surface area contributed by atoms with Crippen LogP contribution in [-0.4, -0.2) is 19.4 Å². The fourth-order valence-electron chi connectivity index (χ4n) is 1.74. The first-order chi connectivity index (χ1) is 10.7. The van der Waals surface area contributed by atoms with Crippen molar-refractivity contribution in [3.05, 3.63) is 64.4 Å². The van der Waals surface area contributed by atoms with Crippen molar-refractivity contribution in [3.63, 3.8) is 0 Å². The van der Waals surface area contributed by atoms with Crippen LogP contribution in [0, 0.1) is 3.57 Å². The van der Waals surface area contributed by atoms with Gasteiger partial charge in [-0.25, -0.2) is 0 Å². The van der Waals surface area contributed by atoms with E-state index in [1.54, 1.807) is 20.4 Å². The topological polar surface area (TPSA) is 44.5 Å². The first-order valence-corrected chi connectivity index (χ1v) is 7.66. The molecule has 3 aromatic rings. The van der Waals surface area contributed by atoms with Gasteiger partial charge < -0.3 is 14.0 Å². The summed E-state index contributed by atoms with van der Waals surface area (Å²) in [6.07, 6.45) is 1.69. The van der Waals surface area contributed by atoms with Gasteiger partial charge in [0.1, 0.15) is 11.5 Å². The van der Waals surface area contributed by atoms with Crippen LogP contribution in [-0.2, 0) is 0 Å². The van der Waals surface area contributed by atoms with Crippen LogP contribution in [0.25, 0.3) is 11.3 Å². The van der Waals surface area contributed by atoms with Gasteiger partial charge in [-0.05, 0) is 46.9 Å². The number of para-hydroxylation sites is 1. The highest BCUT2D eigenvalue weighted by Crippen LogP contribution is 2.27. The van der Waals surface area contributed by atoms with Crippen LogP contribution >= 0.6 is 22.6 Å². The summed E-state index contributed by atoms with van der Waals surface area (Å²) in [6, 6.07) is 17.4. The quantitative estimate of drug-likeness (QED) is 0.591. The Morgan fingerprint density at radius 3 is 2.14 bits per heavy atom. The Kier molecular flexibility index (Phi) is 6.27. The molecule has 0 radical (unpaired) electrons. The summed E-state index contributed by atoms with van der Waals surface area (Å²) in [4.78, 5) is 0. The lowest BCUT2D eigenvalue weighted by Crippen LogP contribution is -1.83. The van der Waals surface area contributed by atoms with Crippen molar-refractivity contribution in [1.82, 2.24) is 5.16 Å². The number of hydrogen-bond donors (Lipinski definition) is 0. The Hall–Kier alpha value is -2.02. The maximum atomic E-state index is 5.14. The van der Waals surface area contributed by atoms with Crippen LogP contribution < -0.4 is 9.47 Å². The summed E-state index contributed by atoms with van der Waals surface area (Å²) in [5.74, 6) is 2.51. The lowest BCUT2D eigenvalue weighted by molar-refractivity contribution is 0.413. The molecule has 0 saturated carbocycles. The molecule has 1 aromatic heterocycles. The number of hydrogen-bond acceptors (Lipinski definition) is 4. The second-order valence-electron chi connectivity index (χ2n) is 4.25. The van der Waals surface area contributed by atoms with Gasteiger partial charge in [-0.3, -0.25) is 0 Å². The third kappa shape index (κ3) is 4.49. The average Bonchev–Trinajstić information content (AvgIpc) is 3.02. The molecule has 0 bridgehead atoms. The van der Waals surface area contributed by atoms with E-state index in [0.717, 1.165) is 26.4 Å². The zero-order chi connectivity index (χ0) is 15.8. The van der Waals surface area contributed by atoms with Crippen molar-refractivity contribution in [1.29, 1.82) is 0 Å². The molecule has 5 heteroatoms. The lowest BCUT2D eigenvalue weighted by Gasteiger charge is -2.01. The van der Waals surface area contributed by atoms with Crippen LogP contribution in [0.4, 0.5) is 0 Å². The Balaban J connectivity index is 0.000000188. The van der Waals surface area contributed by atoms with Crippen molar-refractivity contribution in [2.45, 2.75) is 0 Å². The number of halogens is 1. The largest absolute Gasteiger partial charge is 0.497 e. The van der Waals surface area contributed by atoms with E-state index in [2.05, 4.69) is 27.7 Å². The number of benzene rings is 2. The van der Waals surface area contributed by atoms with E-state index in [1.165, 1.54) is 0 Å². The first kappa shape index (κ1) is 16.4. The highest BCUT2D eigenvalue weighted by atomic mass is 127. The fourth-order valence-corrected chi connectivity index (χ4v) is 2.26. The third-order valence-corrected chi connectivity index (χ3v) is 3.61. The van der Waals surface area contributed by atoms with E-state index in [-0.39, 0.29) is 0 Å². The van der Waals surface area contributed by atoms with Gasteiger partial charge in [-0.15, -0.1) is 0 Å². The van der Waals surface area contributed by atoms with Crippen molar-refractivity contribution in [2.75, 3.05) is 14.2 Å². The molecule has 0 aliphatic heterocycles. The van der Waals surface area contributed by atoms with Crippen LogP contribution in [0.2, 0.25) is 0 Å². The first-order valence-electron chi connectivity index (χ1n) is 6.58. The predicted octanol–water partition coefficient (Wildman–Crippen LogP) is 4.65. The lowest BCUT2D eigenvalue weighted by atomic mass is 10.2. The van der Waals surface area contributed by atoms with E-state index in [9.17, 15) is 0 Å². The fraction of sp³-hybridized carbons (Fsp3) is 0.118. The molecule has 3 rings (SSSR count). The molecule has 0 amide bonds. The molecular weight excluding hydrogens is 393 g/mol. The summed E-state index contributed by atoms with van der Waals surface area (Å²) in [7, 11) is 3.31. The van der Waals surface area contributed by atoms with E-state index in [1.807, 2.05) is 54.6 Å². The molecule has 0 saturated heterocycles. The van der Waals surface area contributed by atoms with Crippen molar-refractivity contribution >= 4 is 22.6 Å². The number of rotatable bonds is 3. The summed E-state index contributed by atoms with van der Waals surface area (Å²) in [5, 5.41) is 3.73. The van der Waals surface area contributed by atoms with Crippen molar-refractivity contribution in [3.8, 4) is 22.8 Å². The van der Waals surface area contributed by atoms with Gasteiger partial charge >= 0.3 is 0 Å². The van der Waals surface area contributed by atoms with E-state index in [4.69, 9.17) is 14.0 Å².